The van der Waals surface area contributed by atoms with E-state index in [0.29, 0.717) is 12.1 Å². The highest BCUT2D eigenvalue weighted by Gasteiger charge is 2.21. The lowest BCUT2D eigenvalue weighted by molar-refractivity contribution is 0.175. The average Bonchev–Trinajstić information content (AvgIpc) is 2.49. The number of rotatable bonds is 6. The summed E-state index contributed by atoms with van der Waals surface area (Å²) in [5.41, 5.74) is 1.33. The topological polar surface area (TPSA) is 24.5 Å². The van der Waals surface area contributed by atoms with Crippen molar-refractivity contribution in [1.29, 1.82) is 0 Å². The molecule has 2 rings (SSSR count). The van der Waals surface area contributed by atoms with Gasteiger partial charge in [0, 0.05) is 18.6 Å². The van der Waals surface area contributed by atoms with Crippen molar-refractivity contribution < 1.29 is 4.74 Å². The highest BCUT2D eigenvalue weighted by atomic mass is 16.5. The number of nitrogens with one attached hydrogen (secondary N) is 1. The molecule has 1 aromatic carbocycles. The van der Waals surface area contributed by atoms with E-state index in [1.54, 1.807) is 7.11 Å². The molecule has 1 aliphatic heterocycles. The van der Waals surface area contributed by atoms with E-state index in [0.717, 1.165) is 11.7 Å². The van der Waals surface area contributed by atoms with Gasteiger partial charge in [-0.1, -0.05) is 26.0 Å². The van der Waals surface area contributed by atoms with Crippen molar-refractivity contribution in [1.82, 2.24) is 10.2 Å². The molecule has 0 aromatic heterocycles. The quantitative estimate of drug-likeness (QED) is 0.868. The predicted octanol–water partition coefficient (Wildman–Crippen LogP) is 3.47. The van der Waals surface area contributed by atoms with Crippen LogP contribution in [0.5, 0.6) is 5.75 Å². The van der Waals surface area contributed by atoms with Gasteiger partial charge in [-0.05, 0) is 56.5 Å². The Balaban J connectivity index is 1.79. The zero-order valence-electron chi connectivity index (χ0n) is 13.9. The zero-order valence-corrected chi connectivity index (χ0v) is 13.9. The molecule has 1 atom stereocenters. The maximum Gasteiger partial charge on any atom is 0.118 e. The first kappa shape index (κ1) is 16.3. The van der Waals surface area contributed by atoms with Gasteiger partial charge in [0.1, 0.15) is 5.75 Å². The van der Waals surface area contributed by atoms with Crippen LogP contribution in [0.3, 0.4) is 0 Å². The normalized spacial score (nSPS) is 18.9. The Kier molecular flexibility index (Phi) is 6.07. The largest absolute Gasteiger partial charge is 0.497 e. The van der Waals surface area contributed by atoms with E-state index in [4.69, 9.17) is 4.74 Å². The van der Waals surface area contributed by atoms with E-state index < -0.39 is 0 Å². The first-order valence-corrected chi connectivity index (χ1v) is 8.21. The Morgan fingerprint density at radius 3 is 2.29 bits per heavy atom. The van der Waals surface area contributed by atoms with E-state index in [1.807, 2.05) is 12.1 Å². The molecular weight excluding hydrogens is 260 g/mol. The second-order valence-corrected chi connectivity index (χ2v) is 6.63. The molecule has 1 saturated heterocycles. The van der Waals surface area contributed by atoms with Gasteiger partial charge < -0.3 is 15.0 Å². The van der Waals surface area contributed by atoms with Crippen LogP contribution in [-0.2, 0) is 0 Å². The van der Waals surface area contributed by atoms with Gasteiger partial charge in [-0.15, -0.1) is 0 Å². The number of hydrogen-bond acceptors (Lipinski definition) is 3. The maximum atomic E-state index is 5.22. The van der Waals surface area contributed by atoms with Crippen molar-refractivity contribution in [3.05, 3.63) is 29.8 Å². The summed E-state index contributed by atoms with van der Waals surface area (Å²) in [6.07, 6.45) is 2.51. The van der Waals surface area contributed by atoms with Gasteiger partial charge in [0.05, 0.1) is 7.11 Å². The number of ether oxygens (including phenoxy) is 1. The number of hydrogen-bond donors (Lipinski definition) is 1. The Labute approximate surface area is 129 Å². The minimum Gasteiger partial charge on any atom is -0.497 e. The van der Waals surface area contributed by atoms with E-state index >= 15 is 0 Å². The molecule has 0 saturated carbocycles. The van der Waals surface area contributed by atoms with Gasteiger partial charge in [-0.3, -0.25) is 0 Å². The maximum absolute atomic E-state index is 5.22. The smallest absolute Gasteiger partial charge is 0.118 e. The third kappa shape index (κ3) is 5.01. The van der Waals surface area contributed by atoms with Crippen LogP contribution in [0, 0.1) is 5.92 Å². The van der Waals surface area contributed by atoms with Crippen molar-refractivity contribution in [2.24, 2.45) is 5.92 Å². The highest BCUT2D eigenvalue weighted by molar-refractivity contribution is 5.28. The molecule has 1 N–H and O–H groups in total. The van der Waals surface area contributed by atoms with Crippen molar-refractivity contribution in [2.75, 3.05) is 26.7 Å². The summed E-state index contributed by atoms with van der Waals surface area (Å²) < 4.78 is 5.22. The first-order valence-electron chi connectivity index (χ1n) is 8.21. The minimum atomic E-state index is 0.401. The number of piperidine rings is 1. The third-order valence-corrected chi connectivity index (χ3v) is 4.31. The molecule has 0 aliphatic carbocycles. The summed E-state index contributed by atoms with van der Waals surface area (Å²) in [5.74, 6) is 1.70. The summed E-state index contributed by atoms with van der Waals surface area (Å²) in [6.45, 7) is 10.5. The summed E-state index contributed by atoms with van der Waals surface area (Å²) in [6, 6.07) is 9.44. The molecule has 0 unspecified atom stereocenters. The van der Waals surface area contributed by atoms with Crippen LogP contribution in [-0.4, -0.2) is 37.7 Å². The number of benzene rings is 1. The highest BCUT2D eigenvalue weighted by Crippen LogP contribution is 2.20. The Morgan fingerprint density at radius 2 is 1.76 bits per heavy atom. The molecule has 1 aromatic rings. The molecule has 3 nitrogen and oxygen atoms in total. The lowest BCUT2D eigenvalue weighted by Gasteiger charge is -2.34. The monoisotopic (exact) mass is 290 g/mol. The molecular formula is C18H30N2O. The number of methoxy groups -OCH3 is 1. The molecule has 118 valence electrons. The van der Waals surface area contributed by atoms with Gasteiger partial charge in [0.15, 0.2) is 0 Å². The van der Waals surface area contributed by atoms with Gasteiger partial charge in [0.2, 0.25) is 0 Å². The van der Waals surface area contributed by atoms with Gasteiger partial charge >= 0.3 is 0 Å². The zero-order chi connectivity index (χ0) is 15.2. The van der Waals surface area contributed by atoms with Gasteiger partial charge in [-0.25, -0.2) is 0 Å². The Bertz CT molecular complexity index is 408. The number of likely N-dealkylation sites (tertiary alicyclic amines) is 1. The van der Waals surface area contributed by atoms with Crippen LogP contribution in [0.1, 0.15) is 45.2 Å². The molecule has 0 amide bonds. The van der Waals surface area contributed by atoms with Crippen LogP contribution in [0.25, 0.3) is 0 Å². The van der Waals surface area contributed by atoms with Crippen molar-refractivity contribution >= 4 is 0 Å². The van der Waals surface area contributed by atoms with Crippen LogP contribution >= 0.6 is 0 Å². The standard InChI is InChI=1S/C18H30N2O/c1-14(2)13-20-11-9-17(10-12-20)19-15(3)16-5-7-18(21-4)8-6-16/h5-8,14-15,17,19H,9-13H2,1-4H3/t15-/m1/s1. The summed E-state index contributed by atoms with van der Waals surface area (Å²) >= 11 is 0. The molecule has 0 bridgehead atoms. The lowest BCUT2D eigenvalue weighted by atomic mass is 10.0. The second-order valence-electron chi connectivity index (χ2n) is 6.63. The van der Waals surface area contributed by atoms with E-state index in [-0.39, 0.29) is 0 Å². The summed E-state index contributed by atoms with van der Waals surface area (Å²) in [4.78, 5) is 2.60. The van der Waals surface area contributed by atoms with Crippen LogP contribution in [0.15, 0.2) is 24.3 Å². The molecule has 1 heterocycles. The fraction of sp³-hybridized carbons (Fsp3) is 0.667. The van der Waals surface area contributed by atoms with E-state index in [1.165, 1.54) is 38.0 Å². The van der Waals surface area contributed by atoms with Gasteiger partial charge in [0.25, 0.3) is 0 Å². The molecule has 0 radical (unpaired) electrons. The van der Waals surface area contributed by atoms with Crippen molar-refractivity contribution in [2.45, 2.75) is 45.7 Å². The average molecular weight is 290 g/mol. The van der Waals surface area contributed by atoms with Crippen LogP contribution in [0.4, 0.5) is 0 Å². The van der Waals surface area contributed by atoms with Crippen molar-refractivity contribution in [3.8, 4) is 5.75 Å². The first-order chi connectivity index (χ1) is 10.1. The Morgan fingerprint density at radius 1 is 1.14 bits per heavy atom. The SMILES string of the molecule is COc1ccc([C@@H](C)NC2CCN(CC(C)C)CC2)cc1. The second kappa shape index (κ2) is 7.81. The molecule has 0 spiro atoms. The Hall–Kier alpha value is -1.06. The van der Waals surface area contributed by atoms with E-state index in [9.17, 15) is 0 Å². The molecule has 3 heteroatoms. The predicted molar refractivity (Wildman–Crippen MR) is 88.8 cm³/mol. The van der Waals surface area contributed by atoms with E-state index in [2.05, 4.69) is 43.1 Å². The minimum absolute atomic E-state index is 0.401. The van der Waals surface area contributed by atoms with Gasteiger partial charge in [-0.2, -0.15) is 0 Å². The fourth-order valence-electron chi connectivity index (χ4n) is 3.14. The lowest BCUT2D eigenvalue weighted by Crippen LogP contribution is -2.44. The third-order valence-electron chi connectivity index (χ3n) is 4.31. The number of nitrogens with zero attached hydrogens (tertiary/aromatic N) is 1. The molecule has 1 aliphatic rings. The molecule has 21 heavy (non-hydrogen) atoms. The summed E-state index contributed by atoms with van der Waals surface area (Å²) in [7, 11) is 1.71. The van der Waals surface area contributed by atoms with Crippen LogP contribution in [0.2, 0.25) is 0 Å². The summed E-state index contributed by atoms with van der Waals surface area (Å²) in [5, 5.41) is 3.78. The van der Waals surface area contributed by atoms with Crippen LogP contribution < -0.4 is 10.1 Å². The molecule has 1 fully saturated rings. The fourth-order valence-corrected chi connectivity index (χ4v) is 3.14. The van der Waals surface area contributed by atoms with Crippen molar-refractivity contribution in [3.63, 3.8) is 0 Å².